The second-order valence-electron chi connectivity index (χ2n) is 5.66. The number of carboxylic acid groups (broad SMARTS) is 1. The molecule has 0 spiro atoms. The van der Waals surface area contributed by atoms with Gasteiger partial charge in [0.25, 0.3) is 0 Å². The van der Waals surface area contributed by atoms with Gasteiger partial charge in [0, 0.05) is 31.2 Å². The van der Waals surface area contributed by atoms with Crippen molar-refractivity contribution in [3.8, 4) is 0 Å². The van der Waals surface area contributed by atoms with E-state index in [2.05, 4.69) is 23.6 Å². The average Bonchev–Trinajstić information content (AvgIpc) is 2.83. The van der Waals surface area contributed by atoms with Gasteiger partial charge in [0.05, 0.1) is 6.42 Å². The standard InChI is InChI=1S/C13H24N2O2/c1-10(2)14-7-5-12(9-14)15-6-3-4-11(15)8-13(16)17/h10-12H,3-9H2,1-2H3,(H,16,17). The molecule has 4 nitrogen and oxygen atoms in total. The molecule has 2 heterocycles. The van der Waals surface area contributed by atoms with Crippen molar-refractivity contribution in [3.05, 3.63) is 0 Å². The summed E-state index contributed by atoms with van der Waals surface area (Å²) in [5.74, 6) is -0.652. The summed E-state index contributed by atoms with van der Waals surface area (Å²) in [6.45, 7) is 7.85. The SMILES string of the molecule is CC(C)N1CCC(N2CCCC2CC(=O)O)C1. The van der Waals surface area contributed by atoms with Crippen LogP contribution in [0, 0.1) is 0 Å². The van der Waals surface area contributed by atoms with Crippen LogP contribution in [0.2, 0.25) is 0 Å². The van der Waals surface area contributed by atoms with Gasteiger partial charge in [-0.25, -0.2) is 0 Å². The molecular weight excluding hydrogens is 216 g/mol. The Balaban J connectivity index is 1.91. The number of rotatable bonds is 4. The van der Waals surface area contributed by atoms with Crippen LogP contribution in [0.3, 0.4) is 0 Å². The van der Waals surface area contributed by atoms with Crippen molar-refractivity contribution in [2.45, 2.75) is 57.7 Å². The molecule has 17 heavy (non-hydrogen) atoms. The van der Waals surface area contributed by atoms with Crippen molar-refractivity contribution >= 4 is 5.97 Å². The van der Waals surface area contributed by atoms with Crippen LogP contribution in [0.4, 0.5) is 0 Å². The molecule has 2 aliphatic heterocycles. The van der Waals surface area contributed by atoms with Crippen LogP contribution >= 0.6 is 0 Å². The molecule has 2 atom stereocenters. The van der Waals surface area contributed by atoms with Crippen molar-refractivity contribution in [3.63, 3.8) is 0 Å². The lowest BCUT2D eigenvalue weighted by atomic mass is 10.1. The zero-order chi connectivity index (χ0) is 12.4. The largest absolute Gasteiger partial charge is 0.481 e. The lowest BCUT2D eigenvalue weighted by Gasteiger charge is -2.30. The molecule has 2 unspecified atom stereocenters. The Morgan fingerprint density at radius 1 is 1.35 bits per heavy atom. The van der Waals surface area contributed by atoms with Crippen molar-refractivity contribution in [2.24, 2.45) is 0 Å². The first-order chi connectivity index (χ1) is 8.08. The third-order valence-electron chi connectivity index (χ3n) is 4.23. The van der Waals surface area contributed by atoms with Crippen LogP contribution in [-0.4, -0.2) is 58.6 Å². The molecule has 2 saturated heterocycles. The lowest BCUT2D eigenvalue weighted by molar-refractivity contribution is -0.138. The van der Waals surface area contributed by atoms with Gasteiger partial charge in [-0.1, -0.05) is 0 Å². The van der Waals surface area contributed by atoms with E-state index in [9.17, 15) is 4.79 Å². The summed E-state index contributed by atoms with van der Waals surface area (Å²) >= 11 is 0. The molecule has 0 aromatic rings. The van der Waals surface area contributed by atoms with Gasteiger partial charge in [0.15, 0.2) is 0 Å². The number of nitrogens with zero attached hydrogens (tertiary/aromatic N) is 2. The van der Waals surface area contributed by atoms with Gasteiger partial charge in [-0.2, -0.15) is 0 Å². The molecule has 98 valence electrons. The quantitative estimate of drug-likeness (QED) is 0.807. The maximum Gasteiger partial charge on any atom is 0.304 e. The smallest absolute Gasteiger partial charge is 0.304 e. The van der Waals surface area contributed by atoms with E-state index in [-0.39, 0.29) is 6.04 Å². The van der Waals surface area contributed by atoms with Crippen LogP contribution in [0.25, 0.3) is 0 Å². The van der Waals surface area contributed by atoms with E-state index in [0.717, 1.165) is 25.9 Å². The van der Waals surface area contributed by atoms with Gasteiger partial charge in [-0.15, -0.1) is 0 Å². The Hall–Kier alpha value is -0.610. The fraction of sp³-hybridized carbons (Fsp3) is 0.923. The minimum Gasteiger partial charge on any atom is -0.481 e. The molecule has 0 aromatic heterocycles. The summed E-state index contributed by atoms with van der Waals surface area (Å²) in [5, 5.41) is 8.94. The summed E-state index contributed by atoms with van der Waals surface area (Å²) in [5.41, 5.74) is 0. The average molecular weight is 240 g/mol. The second kappa shape index (κ2) is 5.36. The molecule has 0 bridgehead atoms. The van der Waals surface area contributed by atoms with Gasteiger partial charge >= 0.3 is 5.97 Å². The molecule has 2 fully saturated rings. The maximum atomic E-state index is 10.9. The van der Waals surface area contributed by atoms with Crippen molar-refractivity contribution in [1.29, 1.82) is 0 Å². The first kappa shape index (κ1) is 12.8. The highest BCUT2D eigenvalue weighted by atomic mass is 16.4. The lowest BCUT2D eigenvalue weighted by Crippen LogP contribution is -2.42. The summed E-state index contributed by atoms with van der Waals surface area (Å²) in [6, 6.07) is 1.48. The van der Waals surface area contributed by atoms with Crippen molar-refractivity contribution in [2.75, 3.05) is 19.6 Å². The van der Waals surface area contributed by atoms with E-state index in [1.54, 1.807) is 0 Å². The Kier molecular flexibility index (Phi) is 4.05. The summed E-state index contributed by atoms with van der Waals surface area (Å²) in [6.07, 6.45) is 3.74. The van der Waals surface area contributed by atoms with Crippen molar-refractivity contribution < 1.29 is 9.90 Å². The topological polar surface area (TPSA) is 43.8 Å². The van der Waals surface area contributed by atoms with Gasteiger partial charge in [-0.3, -0.25) is 14.6 Å². The Morgan fingerprint density at radius 3 is 2.71 bits per heavy atom. The first-order valence-corrected chi connectivity index (χ1v) is 6.79. The number of carbonyl (C=O) groups is 1. The van der Waals surface area contributed by atoms with E-state index in [1.807, 2.05) is 0 Å². The number of hydrogen-bond acceptors (Lipinski definition) is 3. The molecule has 0 radical (unpaired) electrons. The number of carboxylic acids is 1. The molecule has 4 heteroatoms. The van der Waals surface area contributed by atoms with E-state index in [1.165, 1.54) is 13.0 Å². The molecule has 0 amide bonds. The van der Waals surface area contributed by atoms with Gasteiger partial charge in [0.2, 0.25) is 0 Å². The molecule has 0 aromatic carbocycles. The predicted molar refractivity (Wildman–Crippen MR) is 67.1 cm³/mol. The molecule has 2 rings (SSSR count). The van der Waals surface area contributed by atoms with Crippen LogP contribution in [0.15, 0.2) is 0 Å². The first-order valence-electron chi connectivity index (χ1n) is 6.79. The normalized spacial score (nSPS) is 31.5. The van der Waals surface area contributed by atoms with Crippen molar-refractivity contribution in [1.82, 2.24) is 9.80 Å². The van der Waals surface area contributed by atoms with E-state index < -0.39 is 5.97 Å². The third-order valence-corrected chi connectivity index (χ3v) is 4.23. The highest BCUT2D eigenvalue weighted by Crippen LogP contribution is 2.27. The molecule has 1 N–H and O–H groups in total. The van der Waals surface area contributed by atoms with E-state index in [0.29, 0.717) is 18.5 Å². The van der Waals surface area contributed by atoms with Crippen LogP contribution < -0.4 is 0 Å². The zero-order valence-electron chi connectivity index (χ0n) is 10.9. The molecule has 0 saturated carbocycles. The number of aliphatic carboxylic acids is 1. The van der Waals surface area contributed by atoms with Gasteiger partial charge in [-0.05, 0) is 39.7 Å². The Labute approximate surface area is 104 Å². The zero-order valence-corrected chi connectivity index (χ0v) is 10.9. The van der Waals surface area contributed by atoms with Gasteiger partial charge < -0.3 is 5.11 Å². The molecule has 2 aliphatic rings. The maximum absolute atomic E-state index is 10.9. The predicted octanol–water partition coefficient (Wildman–Crippen LogP) is 1.41. The number of likely N-dealkylation sites (tertiary alicyclic amines) is 2. The van der Waals surface area contributed by atoms with Gasteiger partial charge in [0.1, 0.15) is 0 Å². The van der Waals surface area contributed by atoms with Crippen LogP contribution in [0.1, 0.15) is 39.5 Å². The van der Waals surface area contributed by atoms with E-state index >= 15 is 0 Å². The Bertz CT molecular complexity index is 281. The van der Waals surface area contributed by atoms with Crippen LogP contribution in [0.5, 0.6) is 0 Å². The minimum atomic E-state index is -0.652. The Morgan fingerprint density at radius 2 is 2.12 bits per heavy atom. The fourth-order valence-electron chi connectivity index (χ4n) is 3.27. The minimum absolute atomic E-state index is 0.282. The highest BCUT2D eigenvalue weighted by molar-refractivity contribution is 5.67. The second-order valence-corrected chi connectivity index (χ2v) is 5.66. The molecular formula is C13H24N2O2. The van der Waals surface area contributed by atoms with E-state index in [4.69, 9.17) is 5.11 Å². The third kappa shape index (κ3) is 2.99. The summed E-state index contributed by atoms with van der Waals surface area (Å²) < 4.78 is 0. The van der Waals surface area contributed by atoms with Crippen LogP contribution in [-0.2, 0) is 4.79 Å². The fourth-order valence-corrected chi connectivity index (χ4v) is 3.27. The highest BCUT2D eigenvalue weighted by Gasteiger charge is 2.36. The monoisotopic (exact) mass is 240 g/mol. The summed E-state index contributed by atoms with van der Waals surface area (Å²) in [7, 11) is 0. The molecule has 0 aliphatic carbocycles. The summed E-state index contributed by atoms with van der Waals surface area (Å²) in [4.78, 5) is 15.8. The number of hydrogen-bond donors (Lipinski definition) is 1.